The summed E-state index contributed by atoms with van der Waals surface area (Å²) in [6.45, 7) is 0.0391. The zero-order valence-corrected chi connectivity index (χ0v) is 10.7. The van der Waals surface area contributed by atoms with E-state index in [1.165, 1.54) is 0 Å². The molecule has 19 heavy (non-hydrogen) atoms. The number of hydrogen-bond acceptors (Lipinski definition) is 4. The summed E-state index contributed by atoms with van der Waals surface area (Å²) in [6, 6.07) is 10.5. The molecule has 98 valence electrons. The normalized spacial score (nSPS) is 12.5. The fourth-order valence-electron chi connectivity index (χ4n) is 1.86. The first-order valence-electron chi connectivity index (χ1n) is 5.73. The van der Waals surface area contributed by atoms with E-state index in [1.807, 2.05) is 0 Å². The Morgan fingerprint density at radius 1 is 1.16 bits per heavy atom. The molecule has 0 saturated carbocycles. The third kappa shape index (κ3) is 2.32. The Morgan fingerprint density at radius 3 is 2.84 bits per heavy atom. The van der Waals surface area contributed by atoms with Crippen LogP contribution in [-0.2, 0) is 6.61 Å². The largest absolute Gasteiger partial charge is 0.457 e. The maximum Gasteiger partial charge on any atom is 0.231 e. The molecule has 0 aliphatic carbocycles. The molecule has 0 bridgehead atoms. The highest BCUT2D eigenvalue weighted by Crippen LogP contribution is 2.37. The molecule has 0 amide bonds. The van der Waals surface area contributed by atoms with Crippen molar-refractivity contribution in [1.29, 1.82) is 0 Å². The van der Waals surface area contributed by atoms with E-state index in [4.69, 9.17) is 25.8 Å². The van der Waals surface area contributed by atoms with E-state index in [-0.39, 0.29) is 13.4 Å². The Balaban J connectivity index is 1.91. The summed E-state index contributed by atoms with van der Waals surface area (Å²) in [7, 11) is 0. The smallest absolute Gasteiger partial charge is 0.231 e. The first kappa shape index (κ1) is 12.1. The molecule has 0 spiro atoms. The topological polar surface area (TPSA) is 47.9 Å². The van der Waals surface area contributed by atoms with Crippen molar-refractivity contribution < 1.29 is 19.3 Å². The number of aliphatic hydroxyl groups is 1. The van der Waals surface area contributed by atoms with Crippen LogP contribution in [0.25, 0.3) is 0 Å². The predicted molar refractivity (Wildman–Crippen MR) is 70.0 cm³/mol. The Bertz CT molecular complexity index is 612. The zero-order valence-electron chi connectivity index (χ0n) is 9.93. The van der Waals surface area contributed by atoms with Crippen LogP contribution in [0.5, 0.6) is 23.0 Å². The zero-order chi connectivity index (χ0) is 13.2. The molecular formula is C14H11ClO4. The van der Waals surface area contributed by atoms with E-state index >= 15 is 0 Å². The lowest BCUT2D eigenvalue weighted by molar-refractivity contribution is 0.174. The highest BCUT2D eigenvalue weighted by atomic mass is 35.5. The molecule has 2 aromatic carbocycles. The Labute approximate surface area is 115 Å². The minimum absolute atomic E-state index is 0.181. The van der Waals surface area contributed by atoms with Crippen molar-refractivity contribution in [1.82, 2.24) is 0 Å². The van der Waals surface area contributed by atoms with Crippen molar-refractivity contribution in [2.75, 3.05) is 6.79 Å². The summed E-state index contributed by atoms with van der Waals surface area (Å²) in [4.78, 5) is 0. The van der Waals surface area contributed by atoms with Crippen LogP contribution in [0.2, 0.25) is 5.02 Å². The second kappa shape index (κ2) is 4.99. The molecule has 2 aromatic rings. The SMILES string of the molecule is OCc1c(Cl)cccc1Oc1ccc2c(c1)OCO2. The number of ether oxygens (including phenoxy) is 3. The van der Waals surface area contributed by atoms with Crippen LogP contribution in [0.4, 0.5) is 0 Å². The van der Waals surface area contributed by atoms with Gasteiger partial charge >= 0.3 is 0 Å². The molecule has 5 heteroatoms. The highest BCUT2D eigenvalue weighted by Gasteiger charge is 2.15. The van der Waals surface area contributed by atoms with Gasteiger partial charge < -0.3 is 19.3 Å². The monoisotopic (exact) mass is 278 g/mol. The summed E-state index contributed by atoms with van der Waals surface area (Å²) >= 11 is 6.00. The average molecular weight is 279 g/mol. The fourth-order valence-corrected chi connectivity index (χ4v) is 2.08. The summed E-state index contributed by atoms with van der Waals surface area (Å²) in [5, 5.41) is 9.80. The Kier molecular flexibility index (Phi) is 3.19. The van der Waals surface area contributed by atoms with E-state index in [9.17, 15) is 5.11 Å². The van der Waals surface area contributed by atoms with E-state index in [0.717, 1.165) is 0 Å². The first-order chi connectivity index (χ1) is 9.28. The molecule has 0 atom stereocenters. The first-order valence-corrected chi connectivity index (χ1v) is 6.11. The molecule has 0 aromatic heterocycles. The summed E-state index contributed by atoms with van der Waals surface area (Å²) in [6.07, 6.45) is 0. The maximum atomic E-state index is 9.32. The van der Waals surface area contributed by atoms with Gasteiger partial charge in [-0.05, 0) is 24.3 Å². The van der Waals surface area contributed by atoms with Crippen molar-refractivity contribution in [2.24, 2.45) is 0 Å². The molecule has 0 fully saturated rings. The number of benzene rings is 2. The molecule has 1 heterocycles. The van der Waals surface area contributed by atoms with Gasteiger partial charge in [-0.1, -0.05) is 17.7 Å². The Morgan fingerprint density at radius 2 is 2.00 bits per heavy atom. The van der Waals surface area contributed by atoms with Crippen molar-refractivity contribution in [3.8, 4) is 23.0 Å². The standard InChI is InChI=1S/C14H11ClO4/c15-11-2-1-3-12(10(11)7-16)19-9-4-5-13-14(6-9)18-8-17-13/h1-6,16H,7-8H2. The summed E-state index contributed by atoms with van der Waals surface area (Å²) < 4.78 is 16.2. The van der Waals surface area contributed by atoms with Crippen LogP contribution in [-0.4, -0.2) is 11.9 Å². The number of hydrogen-bond donors (Lipinski definition) is 1. The molecule has 3 rings (SSSR count). The van der Waals surface area contributed by atoms with Gasteiger partial charge in [-0.3, -0.25) is 0 Å². The van der Waals surface area contributed by atoms with Crippen LogP contribution in [0.15, 0.2) is 36.4 Å². The number of aliphatic hydroxyl groups excluding tert-OH is 1. The fraction of sp³-hybridized carbons (Fsp3) is 0.143. The minimum Gasteiger partial charge on any atom is -0.457 e. The molecule has 1 aliphatic heterocycles. The van der Waals surface area contributed by atoms with Crippen LogP contribution in [0, 0.1) is 0 Å². The van der Waals surface area contributed by atoms with Crippen LogP contribution in [0.3, 0.4) is 0 Å². The number of fused-ring (bicyclic) bond motifs is 1. The number of halogens is 1. The van der Waals surface area contributed by atoms with E-state index in [0.29, 0.717) is 33.6 Å². The van der Waals surface area contributed by atoms with Crippen LogP contribution < -0.4 is 14.2 Å². The van der Waals surface area contributed by atoms with Gasteiger partial charge in [-0.15, -0.1) is 0 Å². The summed E-state index contributed by atoms with van der Waals surface area (Å²) in [5.74, 6) is 2.46. The van der Waals surface area contributed by atoms with Gasteiger partial charge in [0.05, 0.1) is 6.61 Å². The second-order valence-electron chi connectivity index (χ2n) is 3.99. The molecule has 0 saturated heterocycles. The highest BCUT2D eigenvalue weighted by molar-refractivity contribution is 6.31. The van der Waals surface area contributed by atoms with E-state index in [1.54, 1.807) is 36.4 Å². The minimum atomic E-state index is -0.181. The Hall–Kier alpha value is -1.91. The summed E-state index contributed by atoms with van der Waals surface area (Å²) in [5.41, 5.74) is 0.557. The van der Waals surface area contributed by atoms with Crippen molar-refractivity contribution in [2.45, 2.75) is 6.61 Å². The van der Waals surface area contributed by atoms with Crippen LogP contribution >= 0.6 is 11.6 Å². The van der Waals surface area contributed by atoms with Crippen molar-refractivity contribution in [3.05, 3.63) is 47.0 Å². The predicted octanol–water partition coefficient (Wildman–Crippen LogP) is 3.35. The van der Waals surface area contributed by atoms with Crippen molar-refractivity contribution in [3.63, 3.8) is 0 Å². The molecule has 0 unspecified atom stereocenters. The van der Waals surface area contributed by atoms with Gasteiger partial charge in [0.25, 0.3) is 0 Å². The van der Waals surface area contributed by atoms with Gasteiger partial charge in [-0.25, -0.2) is 0 Å². The van der Waals surface area contributed by atoms with Gasteiger partial charge in [0.1, 0.15) is 11.5 Å². The van der Waals surface area contributed by atoms with Gasteiger partial charge in [0, 0.05) is 16.7 Å². The van der Waals surface area contributed by atoms with E-state index < -0.39 is 0 Å². The lowest BCUT2D eigenvalue weighted by atomic mass is 10.2. The van der Waals surface area contributed by atoms with Gasteiger partial charge in [-0.2, -0.15) is 0 Å². The molecular weight excluding hydrogens is 268 g/mol. The lowest BCUT2D eigenvalue weighted by Crippen LogP contribution is -1.93. The van der Waals surface area contributed by atoms with E-state index in [2.05, 4.69) is 0 Å². The molecule has 1 aliphatic rings. The van der Waals surface area contributed by atoms with Gasteiger partial charge in [0.2, 0.25) is 6.79 Å². The van der Waals surface area contributed by atoms with Crippen molar-refractivity contribution >= 4 is 11.6 Å². The second-order valence-corrected chi connectivity index (χ2v) is 4.40. The maximum absolute atomic E-state index is 9.32. The lowest BCUT2D eigenvalue weighted by Gasteiger charge is -2.11. The molecule has 4 nitrogen and oxygen atoms in total. The third-order valence-corrected chi connectivity index (χ3v) is 3.16. The van der Waals surface area contributed by atoms with Gasteiger partial charge in [0.15, 0.2) is 11.5 Å². The number of rotatable bonds is 3. The molecule has 1 N–H and O–H groups in total. The van der Waals surface area contributed by atoms with Crippen LogP contribution in [0.1, 0.15) is 5.56 Å². The quantitative estimate of drug-likeness (QED) is 0.935. The third-order valence-electron chi connectivity index (χ3n) is 2.81. The molecule has 0 radical (unpaired) electrons. The average Bonchev–Trinajstić information content (AvgIpc) is 2.86.